The second-order valence-electron chi connectivity index (χ2n) is 5.64. The van der Waals surface area contributed by atoms with Gasteiger partial charge in [-0.1, -0.05) is 42.5 Å². The third-order valence-corrected chi connectivity index (χ3v) is 4.00. The summed E-state index contributed by atoms with van der Waals surface area (Å²) < 4.78 is 7.50. The molecule has 1 aliphatic rings. The van der Waals surface area contributed by atoms with Gasteiger partial charge >= 0.3 is 0 Å². The summed E-state index contributed by atoms with van der Waals surface area (Å²) in [5, 5.41) is 11.1. The van der Waals surface area contributed by atoms with Gasteiger partial charge in [-0.25, -0.2) is 4.68 Å². The van der Waals surface area contributed by atoms with Crippen LogP contribution in [0.2, 0.25) is 0 Å². The topological polar surface area (TPSA) is 69.0 Å². The van der Waals surface area contributed by atoms with Crippen LogP contribution < -0.4 is 5.32 Å². The number of ether oxygens (including phenoxy) is 1. The SMILES string of the molecule is C[C@@H]1CCc2cnnn2COC[C@@H](c2ccccc2)NC1=O. The fourth-order valence-corrected chi connectivity index (χ4v) is 2.55. The van der Waals surface area contributed by atoms with Gasteiger partial charge in [0.2, 0.25) is 5.91 Å². The summed E-state index contributed by atoms with van der Waals surface area (Å²) in [6.07, 6.45) is 3.27. The number of amides is 1. The Bertz CT molecular complexity index is 626. The van der Waals surface area contributed by atoms with Crippen LogP contribution in [0.1, 0.15) is 30.6 Å². The second-order valence-corrected chi connectivity index (χ2v) is 5.64. The fraction of sp³-hybridized carbons (Fsp3) is 0.438. The van der Waals surface area contributed by atoms with Crippen molar-refractivity contribution in [2.75, 3.05) is 6.61 Å². The van der Waals surface area contributed by atoms with Crippen LogP contribution in [-0.4, -0.2) is 27.5 Å². The minimum atomic E-state index is -0.152. The van der Waals surface area contributed by atoms with Crippen molar-refractivity contribution in [2.24, 2.45) is 5.92 Å². The van der Waals surface area contributed by atoms with E-state index in [4.69, 9.17) is 4.74 Å². The highest BCUT2D eigenvalue weighted by atomic mass is 16.5. The van der Waals surface area contributed by atoms with Gasteiger partial charge in [-0.05, 0) is 18.4 Å². The third-order valence-electron chi connectivity index (χ3n) is 4.00. The number of benzene rings is 1. The summed E-state index contributed by atoms with van der Waals surface area (Å²) in [7, 11) is 0. The maximum atomic E-state index is 12.4. The Hall–Kier alpha value is -2.21. The van der Waals surface area contributed by atoms with E-state index in [9.17, 15) is 4.79 Å². The molecule has 1 N–H and O–H groups in total. The Morgan fingerprint density at radius 2 is 2.14 bits per heavy atom. The van der Waals surface area contributed by atoms with Gasteiger partial charge in [0.1, 0.15) is 6.73 Å². The molecule has 3 rings (SSSR count). The van der Waals surface area contributed by atoms with E-state index in [1.807, 2.05) is 37.3 Å². The van der Waals surface area contributed by atoms with Crippen LogP contribution in [0.3, 0.4) is 0 Å². The molecule has 6 nitrogen and oxygen atoms in total. The molecule has 6 heteroatoms. The summed E-state index contributed by atoms with van der Waals surface area (Å²) in [4.78, 5) is 12.4. The number of rotatable bonds is 1. The van der Waals surface area contributed by atoms with E-state index >= 15 is 0 Å². The van der Waals surface area contributed by atoms with Crippen molar-refractivity contribution >= 4 is 5.91 Å². The number of nitrogens with one attached hydrogen (secondary N) is 1. The van der Waals surface area contributed by atoms with E-state index in [0.717, 1.165) is 24.1 Å². The summed E-state index contributed by atoms with van der Waals surface area (Å²) in [6, 6.07) is 9.74. The molecule has 2 heterocycles. The van der Waals surface area contributed by atoms with Crippen LogP contribution in [0.4, 0.5) is 0 Å². The molecule has 2 atom stereocenters. The molecule has 1 aromatic heterocycles. The van der Waals surface area contributed by atoms with Gasteiger partial charge in [0, 0.05) is 5.92 Å². The van der Waals surface area contributed by atoms with Gasteiger partial charge in [-0.3, -0.25) is 4.79 Å². The summed E-state index contributed by atoms with van der Waals surface area (Å²) in [6.45, 7) is 2.70. The number of nitrogens with zero attached hydrogens (tertiary/aromatic N) is 3. The first-order chi connectivity index (χ1) is 10.7. The van der Waals surface area contributed by atoms with Gasteiger partial charge in [0.25, 0.3) is 0 Å². The molecule has 2 aromatic rings. The lowest BCUT2D eigenvalue weighted by Crippen LogP contribution is -2.35. The average molecular weight is 300 g/mol. The van der Waals surface area contributed by atoms with Crippen molar-refractivity contribution in [3.05, 3.63) is 47.8 Å². The lowest BCUT2D eigenvalue weighted by Gasteiger charge is -2.21. The molecule has 1 aromatic carbocycles. The summed E-state index contributed by atoms with van der Waals surface area (Å²) in [5.74, 6) is -0.00830. The van der Waals surface area contributed by atoms with Gasteiger partial charge in [0.15, 0.2) is 0 Å². The van der Waals surface area contributed by atoms with E-state index < -0.39 is 0 Å². The average Bonchev–Trinajstić information content (AvgIpc) is 2.98. The predicted molar refractivity (Wildman–Crippen MR) is 80.8 cm³/mol. The monoisotopic (exact) mass is 300 g/mol. The minimum absolute atomic E-state index is 0.0541. The smallest absolute Gasteiger partial charge is 0.223 e. The highest BCUT2D eigenvalue weighted by Crippen LogP contribution is 2.17. The van der Waals surface area contributed by atoms with E-state index in [-0.39, 0.29) is 17.9 Å². The zero-order valence-electron chi connectivity index (χ0n) is 12.6. The van der Waals surface area contributed by atoms with Crippen molar-refractivity contribution < 1.29 is 9.53 Å². The molecule has 22 heavy (non-hydrogen) atoms. The lowest BCUT2D eigenvalue weighted by atomic mass is 10.0. The molecule has 0 saturated heterocycles. The van der Waals surface area contributed by atoms with Crippen molar-refractivity contribution in [1.29, 1.82) is 0 Å². The number of carbonyl (C=O) groups excluding carboxylic acids is 1. The molecule has 0 unspecified atom stereocenters. The largest absolute Gasteiger partial charge is 0.357 e. The molecule has 116 valence electrons. The number of aryl methyl sites for hydroxylation is 1. The van der Waals surface area contributed by atoms with Crippen LogP contribution in [0, 0.1) is 5.92 Å². The summed E-state index contributed by atoms with van der Waals surface area (Å²) >= 11 is 0. The molecule has 0 saturated carbocycles. The zero-order chi connectivity index (χ0) is 15.4. The van der Waals surface area contributed by atoms with E-state index in [1.54, 1.807) is 10.9 Å². The van der Waals surface area contributed by atoms with Crippen molar-refractivity contribution in [3.8, 4) is 0 Å². The molecular weight excluding hydrogens is 280 g/mol. The van der Waals surface area contributed by atoms with Crippen molar-refractivity contribution in [1.82, 2.24) is 20.3 Å². The number of aromatic nitrogens is 3. The molecule has 1 amide bonds. The Morgan fingerprint density at radius 1 is 1.32 bits per heavy atom. The third kappa shape index (κ3) is 3.33. The minimum Gasteiger partial charge on any atom is -0.357 e. The number of carbonyl (C=O) groups is 1. The van der Waals surface area contributed by atoms with E-state index in [2.05, 4.69) is 15.6 Å². The Labute approximate surface area is 129 Å². The molecule has 0 aliphatic carbocycles. The molecular formula is C16H20N4O2. The number of fused-ring (bicyclic) bond motifs is 1. The summed E-state index contributed by atoms with van der Waals surface area (Å²) in [5.41, 5.74) is 2.04. The zero-order valence-corrected chi connectivity index (χ0v) is 12.6. The first-order valence-corrected chi connectivity index (χ1v) is 7.54. The fourth-order valence-electron chi connectivity index (χ4n) is 2.55. The van der Waals surface area contributed by atoms with Gasteiger partial charge in [-0.2, -0.15) is 0 Å². The van der Waals surface area contributed by atoms with Crippen LogP contribution in [0.5, 0.6) is 0 Å². The molecule has 0 bridgehead atoms. The van der Waals surface area contributed by atoms with Gasteiger partial charge in [0.05, 0.1) is 24.5 Å². The molecule has 1 aliphatic heterocycles. The van der Waals surface area contributed by atoms with Crippen LogP contribution in [0.25, 0.3) is 0 Å². The quantitative estimate of drug-likeness (QED) is 0.870. The van der Waals surface area contributed by atoms with Crippen molar-refractivity contribution in [3.63, 3.8) is 0 Å². The highest BCUT2D eigenvalue weighted by molar-refractivity contribution is 5.78. The van der Waals surface area contributed by atoms with Gasteiger partial charge < -0.3 is 10.1 Å². The molecule has 0 radical (unpaired) electrons. The lowest BCUT2D eigenvalue weighted by molar-refractivity contribution is -0.126. The van der Waals surface area contributed by atoms with E-state index in [0.29, 0.717) is 13.3 Å². The Balaban J connectivity index is 1.81. The van der Waals surface area contributed by atoms with E-state index in [1.165, 1.54) is 0 Å². The number of hydrogen-bond donors (Lipinski definition) is 1. The van der Waals surface area contributed by atoms with Crippen molar-refractivity contribution in [2.45, 2.75) is 32.5 Å². The number of hydrogen-bond acceptors (Lipinski definition) is 4. The highest BCUT2D eigenvalue weighted by Gasteiger charge is 2.21. The van der Waals surface area contributed by atoms with Crippen LogP contribution >= 0.6 is 0 Å². The van der Waals surface area contributed by atoms with Crippen LogP contribution in [0.15, 0.2) is 36.5 Å². The first-order valence-electron chi connectivity index (χ1n) is 7.54. The first kappa shape index (κ1) is 14.7. The maximum absolute atomic E-state index is 12.4. The molecule has 0 spiro atoms. The Morgan fingerprint density at radius 3 is 2.95 bits per heavy atom. The predicted octanol–water partition coefficient (Wildman–Crippen LogP) is 1.69. The van der Waals surface area contributed by atoms with Gasteiger partial charge in [-0.15, -0.1) is 5.10 Å². The molecule has 0 fully saturated rings. The maximum Gasteiger partial charge on any atom is 0.223 e. The van der Waals surface area contributed by atoms with Crippen LogP contribution in [-0.2, 0) is 22.7 Å². The standard InChI is InChI=1S/C16H20N4O2/c1-12-7-8-14-9-17-19-20(14)11-22-10-15(18-16(12)21)13-5-3-2-4-6-13/h2-6,9,12,15H,7-8,10-11H2,1H3,(H,18,21)/t12-,15+/m1/s1. The normalized spacial score (nSPS) is 23.2. The Kier molecular flexibility index (Phi) is 4.48. The second kappa shape index (κ2) is 6.70.